The van der Waals surface area contributed by atoms with E-state index in [-0.39, 0.29) is 0 Å². The molecule has 94 valence electrons. The third-order valence-electron chi connectivity index (χ3n) is 4.45. The topological polar surface area (TPSA) is 37.3 Å². The molecule has 3 rings (SSSR count). The fourth-order valence-corrected chi connectivity index (χ4v) is 3.31. The maximum Gasteiger partial charge on any atom is 0.309 e. The zero-order valence-corrected chi connectivity index (χ0v) is 10.4. The molecule has 0 radical (unpaired) electrons. The van der Waals surface area contributed by atoms with E-state index < -0.39 is 11.4 Å². The molecule has 2 atom stereocenters. The van der Waals surface area contributed by atoms with Crippen LogP contribution >= 0.6 is 0 Å². The van der Waals surface area contributed by atoms with Crippen LogP contribution < -0.4 is 0 Å². The van der Waals surface area contributed by atoms with Crippen LogP contribution in [0.4, 0.5) is 0 Å². The standard InChI is InChI=1S/C16H18O2/c17-15(18)16(10-13-9-14(13)11-16)8-4-7-12-5-2-1-3-6-12/h1-7,13-14H,8-11H2,(H,17,18). The SMILES string of the molecule is O=C(O)C1(CC=Cc2ccccc2)CC2CC2C1. The molecule has 0 aromatic heterocycles. The van der Waals surface area contributed by atoms with Gasteiger partial charge in [0.2, 0.25) is 0 Å². The monoisotopic (exact) mass is 242 g/mol. The van der Waals surface area contributed by atoms with Crippen LogP contribution in [0, 0.1) is 17.3 Å². The first kappa shape index (κ1) is 11.5. The predicted octanol–water partition coefficient (Wildman–Crippen LogP) is 3.59. The summed E-state index contributed by atoms with van der Waals surface area (Å²) in [7, 11) is 0. The maximum absolute atomic E-state index is 11.5. The fraction of sp³-hybridized carbons (Fsp3) is 0.438. The zero-order valence-electron chi connectivity index (χ0n) is 10.4. The summed E-state index contributed by atoms with van der Waals surface area (Å²) >= 11 is 0. The summed E-state index contributed by atoms with van der Waals surface area (Å²) in [6, 6.07) is 10.1. The molecule has 1 N–H and O–H groups in total. The minimum absolute atomic E-state index is 0.473. The Bertz CT molecular complexity index is 465. The maximum atomic E-state index is 11.5. The molecule has 0 spiro atoms. The smallest absolute Gasteiger partial charge is 0.309 e. The summed E-state index contributed by atoms with van der Waals surface area (Å²) in [5.41, 5.74) is 0.667. The molecular weight excluding hydrogens is 224 g/mol. The van der Waals surface area contributed by atoms with Gasteiger partial charge in [0, 0.05) is 0 Å². The largest absolute Gasteiger partial charge is 0.481 e. The van der Waals surface area contributed by atoms with Crippen molar-refractivity contribution in [3.63, 3.8) is 0 Å². The molecule has 2 unspecified atom stereocenters. The first-order chi connectivity index (χ1) is 8.70. The molecule has 0 saturated heterocycles. The van der Waals surface area contributed by atoms with Crippen molar-refractivity contribution >= 4 is 12.0 Å². The molecule has 18 heavy (non-hydrogen) atoms. The number of carboxylic acid groups (broad SMARTS) is 1. The highest BCUT2D eigenvalue weighted by Gasteiger charge is 2.56. The summed E-state index contributed by atoms with van der Waals surface area (Å²) in [6.45, 7) is 0. The Labute approximate surface area is 107 Å². The number of fused-ring (bicyclic) bond motifs is 1. The van der Waals surface area contributed by atoms with Gasteiger partial charge in [-0.05, 0) is 43.1 Å². The number of carboxylic acids is 1. The third kappa shape index (κ3) is 2.07. The number of rotatable bonds is 4. The van der Waals surface area contributed by atoms with Crippen molar-refractivity contribution in [2.24, 2.45) is 17.3 Å². The van der Waals surface area contributed by atoms with E-state index in [0.29, 0.717) is 18.3 Å². The van der Waals surface area contributed by atoms with Crippen LogP contribution in [0.5, 0.6) is 0 Å². The normalized spacial score (nSPS) is 33.6. The molecule has 2 fully saturated rings. The second-order valence-electron chi connectivity index (χ2n) is 5.77. The number of carbonyl (C=O) groups is 1. The summed E-state index contributed by atoms with van der Waals surface area (Å²) in [4.78, 5) is 11.5. The van der Waals surface area contributed by atoms with Crippen molar-refractivity contribution in [3.05, 3.63) is 42.0 Å². The Balaban J connectivity index is 1.68. The van der Waals surface area contributed by atoms with E-state index in [1.807, 2.05) is 42.5 Å². The lowest BCUT2D eigenvalue weighted by atomic mass is 9.79. The fourth-order valence-electron chi connectivity index (χ4n) is 3.31. The van der Waals surface area contributed by atoms with Gasteiger partial charge in [-0.2, -0.15) is 0 Å². The van der Waals surface area contributed by atoms with Crippen LogP contribution in [0.15, 0.2) is 36.4 Å². The van der Waals surface area contributed by atoms with Crippen LogP contribution in [0.25, 0.3) is 6.08 Å². The van der Waals surface area contributed by atoms with Gasteiger partial charge in [-0.25, -0.2) is 0 Å². The first-order valence-electron chi connectivity index (χ1n) is 6.65. The molecule has 0 bridgehead atoms. The van der Waals surface area contributed by atoms with E-state index in [1.54, 1.807) is 0 Å². The summed E-state index contributed by atoms with van der Waals surface area (Å²) < 4.78 is 0. The van der Waals surface area contributed by atoms with Crippen LogP contribution in [0.2, 0.25) is 0 Å². The Morgan fingerprint density at radius 2 is 1.94 bits per heavy atom. The number of hydrogen-bond donors (Lipinski definition) is 1. The minimum Gasteiger partial charge on any atom is -0.481 e. The predicted molar refractivity (Wildman–Crippen MR) is 71.0 cm³/mol. The molecule has 0 amide bonds. The van der Waals surface area contributed by atoms with Crippen LogP contribution in [0.1, 0.15) is 31.2 Å². The van der Waals surface area contributed by atoms with Gasteiger partial charge in [0.05, 0.1) is 5.41 Å². The summed E-state index contributed by atoms with van der Waals surface area (Å²) in [6.07, 6.45) is 7.77. The van der Waals surface area contributed by atoms with E-state index in [0.717, 1.165) is 18.4 Å². The zero-order chi connectivity index (χ0) is 12.6. The molecule has 0 heterocycles. The van der Waals surface area contributed by atoms with Gasteiger partial charge < -0.3 is 5.11 Å². The molecule has 2 aliphatic rings. The van der Waals surface area contributed by atoms with E-state index in [2.05, 4.69) is 0 Å². The minimum atomic E-state index is -0.604. The Morgan fingerprint density at radius 3 is 2.56 bits per heavy atom. The second kappa shape index (κ2) is 4.27. The summed E-state index contributed by atoms with van der Waals surface area (Å²) in [5, 5.41) is 9.47. The lowest BCUT2D eigenvalue weighted by molar-refractivity contribution is -0.149. The highest BCUT2D eigenvalue weighted by atomic mass is 16.4. The van der Waals surface area contributed by atoms with Gasteiger partial charge in [-0.15, -0.1) is 0 Å². The lowest BCUT2D eigenvalue weighted by Gasteiger charge is -2.24. The average Bonchev–Trinajstić information content (AvgIpc) is 2.98. The van der Waals surface area contributed by atoms with E-state index in [9.17, 15) is 9.90 Å². The number of aliphatic carboxylic acids is 1. The van der Waals surface area contributed by atoms with Crippen molar-refractivity contribution in [1.29, 1.82) is 0 Å². The van der Waals surface area contributed by atoms with Gasteiger partial charge in [-0.1, -0.05) is 42.5 Å². The molecule has 1 aromatic carbocycles. The Morgan fingerprint density at radius 1 is 1.28 bits per heavy atom. The van der Waals surface area contributed by atoms with Crippen LogP contribution in [-0.2, 0) is 4.79 Å². The molecule has 2 heteroatoms. The van der Waals surface area contributed by atoms with Crippen molar-refractivity contribution in [2.45, 2.75) is 25.7 Å². The summed E-state index contributed by atoms with van der Waals surface area (Å²) in [5.74, 6) is 0.796. The third-order valence-corrected chi connectivity index (χ3v) is 4.45. The van der Waals surface area contributed by atoms with Gasteiger partial charge in [-0.3, -0.25) is 4.79 Å². The molecular formula is C16H18O2. The van der Waals surface area contributed by atoms with E-state index >= 15 is 0 Å². The van der Waals surface area contributed by atoms with Crippen molar-refractivity contribution < 1.29 is 9.90 Å². The Hall–Kier alpha value is -1.57. The molecule has 2 saturated carbocycles. The first-order valence-corrected chi connectivity index (χ1v) is 6.65. The average molecular weight is 242 g/mol. The van der Waals surface area contributed by atoms with Gasteiger partial charge in [0.15, 0.2) is 0 Å². The van der Waals surface area contributed by atoms with Crippen LogP contribution in [0.3, 0.4) is 0 Å². The van der Waals surface area contributed by atoms with E-state index in [4.69, 9.17) is 0 Å². The van der Waals surface area contributed by atoms with Crippen molar-refractivity contribution in [1.82, 2.24) is 0 Å². The van der Waals surface area contributed by atoms with Crippen molar-refractivity contribution in [3.8, 4) is 0 Å². The molecule has 2 aliphatic carbocycles. The Kier molecular flexibility index (Phi) is 2.73. The van der Waals surface area contributed by atoms with Gasteiger partial charge in [0.25, 0.3) is 0 Å². The highest BCUT2D eigenvalue weighted by molar-refractivity contribution is 5.76. The van der Waals surface area contributed by atoms with Gasteiger partial charge >= 0.3 is 5.97 Å². The molecule has 2 nitrogen and oxygen atoms in total. The van der Waals surface area contributed by atoms with Crippen molar-refractivity contribution in [2.75, 3.05) is 0 Å². The van der Waals surface area contributed by atoms with Crippen LogP contribution in [-0.4, -0.2) is 11.1 Å². The quantitative estimate of drug-likeness (QED) is 0.876. The van der Waals surface area contributed by atoms with Gasteiger partial charge in [0.1, 0.15) is 0 Å². The molecule has 1 aromatic rings. The number of allylic oxidation sites excluding steroid dienone is 1. The second-order valence-corrected chi connectivity index (χ2v) is 5.77. The molecule has 0 aliphatic heterocycles. The highest BCUT2D eigenvalue weighted by Crippen LogP contribution is 2.61. The lowest BCUT2D eigenvalue weighted by Crippen LogP contribution is -2.28. The number of benzene rings is 1. The van der Waals surface area contributed by atoms with E-state index in [1.165, 1.54) is 6.42 Å². The number of hydrogen-bond acceptors (Lipinski definition) is 1.